The molecule has 2 aliphatic rings. The van der Waals surface area contributed by atoms with Crippen molar-refractivity contribution in [2.75, 3.05) is 19.6 Å². The molecule has 1 aromatic carbocycles. The van der Waals surface area contributed by atoms with Gasteiger partial charge in [0.15, 0.2) is 0 Å². The number of nitrogens with zero attached hydrogens (tertiary/aromatic N) is 2. The van der Waals surface area contributed by atoms with Gasteiger partial charge in [-0.05, 0) is 56.4 Å². The molecule has 0 bridgehead atoms. The van der Waals surface area contributed by atoms with Crippen molar-refractivity contribution in [2.45, 2.75) is 84.0 Å². The molecule has 1 aliphatic heterocycles. The first kappa shape index (κ1) is 22.1. The Balaban J connectivity index is 1.65. The number of carbonyl (C=O) groups is 1. The van der Waals surface area contributed by atoms with Crippen molar-refractivity contribution in [3.8, 4) is 0 Å². The van der Waals surface area contributed by atoms with Gasteiger partial charge >= 0.3 is 0 Å². The molecule has 29 heavy (non-hydrogen) atoms. The van der Waals surface area contributed by atoms with Gasteiger partial charge in [-0.2, -0.15) is 0 Å². The lowest BCUT2D eigenvalue weighted by molar-refractivity contribution is -0.136. The van der Waals surface area contributed by atoms with E-state index in [-0.39, 0.29) is 11.3 Å². The Morgan fingerprint density at radius 3 is 2.52 bits per heavy atom. The summed E-state index contributed by atoms with van der Waals surface area (Å²) in [5.74, 6) is 1.24. The highest BCUT2D eigenvalue weighted by molar-refractivity contribution is 5.91. The van der Waals surface area contributed by atoms with Crippen LogP contribution in [-0.4, -0.2) is 36.2 Å². The Bertz CT molecular complexity index is 673. The van der Waals surface area contributed by atoms with Crippen LogP contribution >= 0.6 is 0 Å². The molecule has 1 aromatic rings. The summed E-state index contributed by atoms with van der Waals surface area (Å²) < 4.78 is 0. The van der Waals surface area contributed by atoms with Crippen molar-refractivity contribution in [2.24, 2.45) is 16.8 Å². The number of aliphatic imine (C=N–C) groups is 1. The van der Waals surface area contributed by atoms with Crippen molar-refractivity contribution >= 4 is 11.6 Å². The molecule has 2 atom stereocenters. The second-order valence-electron chi connectivity index (χ2n) is 9.28. The second-order valence-corrected chi connectivity index (χ2v) is 9.28. The van der Waals surface area contributed by atoms with Gasteiger partial charge in [0.2, 0.25) is 5.91 Å². The Kier molecular flexibility index (Phi) is 7.91. The van der Waals surface area contributed by atoms with Gasteiger partial charge in [-0.25, -0.2) is 0 Å². The van der Waals surface area contributed by atoms with Crippen LogP contribution in [0, 0.1) is 11.8 Å². The minimum Gasteiger partial charge on any atom is -0.342 e. The molecule has 1 amide bonds. The quantitative estimate of drug-likeness (QED) is 0.502. The van der Waals surface area contributed by atoms with Crippen molar-refractivity contribution in [3.63, 3.8) is 0 Å². The van der Waals surface area contributed by atoms with Crippen molar-refractivity contribution in [1.29, 1.82) is 0 Å². The molecule has 3 nitrogen and oxygen atoms in total. The van der Waals surface area contributed by atoms with Gasteiger partial charge in [-0.3, -0.25) is 9.79 Å². The van der Waals surface area contributed by atoms with E-state index in [9.17, 15) is 4.79 Å². The molecule has 1 aliphatic carbocycles. The van der Waals surface area contributed by atoms with E-state index in [0.29, 0.717) is 5.91 Å². The standard InChI is InChI=1S/C26H40N2O/c1-4-6-10-22-13-14-24(22)27-18-15-26(23-11-8-7-9-12-23)16-19-28(20-17-26)25(29)21(3)5-2/h7-9,11-12,21-22H,4-6,10,13-20H2,1-3H3. The zero-order valence-corrected chi connectivity index (χ0v) is 18.8. The van der Waals surface area contributed by atoms with Crippen LogP contribution in [0.3, 0.4) is 0 Å². The lowest BCUT2D eigenvalue weighted by atomic mass is 9.70. The minimum atomic E-state index is 0.143. The van der Waals surface area contributed by atoms with Crippen LogP contribution in [0.15, 0.2) is 35.3 Å². The van der Waals surface area contributed by atoms with E-state index >= 15 is 0 Å². The fourth-order valence-electron chi connectivity index (χ4n) is 4.98. The Morgan fingerprint density at radius 1 is 1.21 bits per heavy atom. The van der Waals surface area contributed by atoms with Crippen LogP contribution in [0.4, 0.5) is 0 Å². The molecule has 160 valence electrons. The topological polar surface area (TPSA) is 32.7 Å². The van der Waals surface area contributed by atoms with E-state index in [1.807, 2.05) is 0 Å². The number of carbonyl (C=O) groups excluding carboxylic acids is 1. The first-order valence-corrected chi connectivity index (χ1v) is 12.0. The van der Waals surface area contributed by atoms with Crippen molar-refractivity contribution in [3.05, 3.63) is 35.9 Å². The monoisotopic (exact) mass is 396 g/mol. The minimum absolute atomic E-state index is 0.143. The first-order chi connectivity index (χ1) is 14.1. The maximum Gasteiger partial charge on any atom is 0.225 e. The molecular formula is C26H40N2O. The number of hydrogen-bond acceptors (Lipinski definition) is 2. The number of piperidine rings is 1. The van der Waals surface area contributed by atoms with Crippen LogP contribution in [0.1, 0.15) is 84.1 Å². The third kappa shape index (κ3) is 5.29. The molecule has 1 heterocycles. The number of hydrogen-bond donors (Lipinski definition) is 0. The smallest absolute Gasteiger partial charge is 0.225 e. The zero-order chi connectivity index (χ0) is 20.7. The van der Waals surface area contributed by atoms with E-state index in [1.54, 1.807) is 0 Å². The number of amides is 1. The van der Waals surface area contributed by atoms with Gasteiger partial charge in [0.1, 0.15) is 0 Å². The number of unbranched alkanes of at least 4 members (excludes halogenated alkanes) is 1. The summed E-state index contributed by atoms with van der Waals surface area (Å²) in [6, 6.07) is 11.0. The summed E-state index contributed by atoms with van der Waals surface area (Å²) >= 11 is 0. The Labute approximate surface area is 178 Å². The summed E-state index contributed by atoms with van der Waals surface area (Å²) in [5.41, 5.74) is 3.08. The molecule has 1 saturated carbocycles. The van der Waals surface area contributed by atoms with Crippen LogP contribution < -0.4 is 0 Å². The summed E-state index contributed by atoms with van der Waals surface area (Å²) in [5, 5.41) is 0. The van der Waals surface area contributed by atoms with Crippen LogP contribution in [0.25, 0.3) is 0 Å². The second kappa shape index (κ2) is 10.4. The third-order valence-corrected chi connectivity index (χ3v) is 7.48. The molecule has 0 aromatic heterocycles. The highest BCUT2D eigenvalue weighted by Crippen LogP contribution is 2.39. The molecule has 0 radical (unpaired) electrons. The number of likely N-dealkylation sites (tertiary alicyclic amines) is 1. The number of benzene rings is 1. The van der Waals surface area contributed by atoms with Crippen molar-refractivity contribution < 1.29 is 4.79 Å². The van der Waals surface area contributed by atoms with Crippen molar-refractivity contribution in [1.82, 2.24) is 4.90 Å². The highest BCUT2D eigenvalue weighted by Gasteiger charge is 2.37. The largest absolute Gasteiger partial charge is 0.342 e. The van der Waals surface area contributed by atoms with E-state index in [0.717, 1.165) is 51.2 Å². The molecule has 3 heteroatoms. The zero-order valence-electron chi connectivity index (χ0n) is 18.8. The van der Waals surface area contributed by atoms with Gasteiger partial charge in [-0.1, -0.05) is 63.9 Å². The SMILES string of the molecule is CCCCC1CCC1=NCCC1(c2ccccc2)CCN(C(=O)C(C)CC)CC1. The maximum atomic E-state index is 12.7. The third-order valence-electron chi connectivity index (χ3n) is 7.48. The van der Waals surface area contributed by atoms with Crippen LogP contribution in [-0.2, 0) is 10.2 Å². The predicted octanol–water partition coefficient (Wildman–Crippen LogP) is 6.02. The van der Waals surface area contributed by atoms with E-state index < -0.39 is 0 Å². The van der Waals surface area contributed by atoms with Gasteiger partial charge in [0.25, 0.3) is 0 Å². The molecule has 3 rings (SSSR count). The molecule has 2 unspecified atom stereocenters. The lowest BCUT2D eigenvalue weighted by Crippen LogP contribution is -2.47. The fraction of sp³-hybridized carbons (Fsp3) is 0.692. The molecular weight excluding hydrogens is 356 g/mol. The van der Waals surface area contributed by atoms with Gasteiger partial charge in [0, 0.05) is 36.7 Å². The van der Waals surface area contributed by atoms with E-state index in [2.05, 4.69) is 56.0 Å². The summed E-state index contributed by atoms with van der Waals surface area (Å²) in [4.78, 5) is 19.8. The Hall–Kier alpha value is -1.64. The van der Waals surface area contributed by atoms with Gasteiger partial charge in [-0.15, -0.1) is 0 Å². The predicted molar refractivity (Wildman–Crippen MR) is 123 cm³/mol. The molecule has 0 spiro atoms. The number of rotatable bonds is 9. The van der Waals surface area contributed by atoms with E-state index in [1.165, 1.54) is 43.4 Å². The molecule has 0 N–H and O–H groups in total. The maximum absolute atomic E-state index is 12.7. The summed E-state index contributed by atoms with van der Waals surface area (Å²) in [6.45, 7) is 9.14. The average Bonchev–Trinajstić information content (AvgIpc) is 2.76. The van der Waals surface area contributed by atoms with Crippen LogP contribution in [0.5, 0.6) is 0 Å². The Morgan fingerprint density at radius 2 is 1.93 bits per heavy atom. The van der Waals surface area contributed by atoms with Gasteiger partial charge < -0.3 is 4.90 Å². The average molecular weight is 397 g/mol. The first-order valence-electron chi connectivity index (χ1n) is 12.0. The highest BCUT2D eigenvalue weighted by atomic mass is 16.2. The van der Waals surface area contributed by atoms with Gasteiger partial charge in [0.05, 0.1) is 0 Å². The summed E-state index contributed by atoms with van der Waals surface area (Å²) in [7, 11) is 0. The fourth-order valence-corrected chi connectivity index (χ4v) is 4.98. The molecule has 2 fully saturated rings. The normalized spacial score (nSPS) is 23.6. The lowest BCUT2D eigenvalue weighted by Gasteiger charge is -2.43. The van der Waals surface area contributed by atoms with Crippen LogP contribution in [0.2, 0.25) is 0 Å². The van der Waals surface area contributed by atoms with E-state index in [4.69, 9.17) is 4.99 Å². The summed E-state index contributed by atoms with van der Waals surface area (Å²) in [6.07, 6.45) is 10.6. The molecule has 1 saturated heterocycles.